The van der Waals surface area contributed by atoms with Gasteiger partial charge in [-0.2, -0.15) is 11.8 Å². The second-order valence-corrected chi connectivity index (χ2v) is 6.67. The molecule has 0 amide bonds. The van der Waals surface area contributed by atoms with Crippen molar-refractivity contribution in [1.29, 1.82) is 0 Å². The van der Waals surface area contributed by atoms with E-state index in [0.29, 0.717) is 12.1 Å². The standard InChI is InChI=1S/C14H20ClNS/c1-3-14(11-5-4-6-12(15)8-11)16-13-7-10(2)17-9-13/h4-6,8,10,13-14,16H,3,7,9H2,1-2H3. The van der Waals surface area contributed by atoms with Gasteiger partial charge in [-0.15, -0.1) is 0 Å². The zero-order valence-corrected chi connectivity index (χ0v) is 12.0. The van der Waals surface area contributed by atoms with E-state index in [0.717, 1.165) is 16.7 Å². The van der Waals surface area contributed by atoms with E-state index in [1.54, 1.807) is 0 Å². The Kier molecular flexibility index (Phi) is 4.78. The summed E-state index contributed by atoms with van der Waals surface area (Å²) in [5.41, 5.74) is 1.31. The Labute approximate surface area is 113 Å². The van der Waals surface area contributed by atoms with Crippen LogP contribution in [0.15, 0.2) is 24.3 Å². The third-order valence-corrected chi connectivity index (χ3v) is 4.89. The summed E-state index contributed by atoms with van der Waals surface area (Å²) in [5, 5.41) is 5.39. The van der Waals surface area contributed by atoms with Gasteiger partial charge in [-0.3, -0.25) is 0 Å². The molecular weight excluding hydrogens is 250 g/mol. The SMILES string of the molecule is CCC(NC1CSC(C)C1)c1cccc(Cl)c1. The number of thioether (sulfide) groups is 1. The number of halogens is 1. The van der Waals surface area contributed by atoms with Crippen molar-refractivity contribution in [2.75, 3.05) is 5.75 Å². The number of rotatable bonds is 4. The molecule has 0 aliphatic carbocycles. The van der Waals surface area contributed by atoms with Crippen molar-refractivity contribution in [3.63, 3.8) is 0 Å². The van der Waals surface area contributed by atoms with E-state index in [2.05, 4.69) is 43.1 Å². The van der Waals surface area contributed by atoms with Gasteiger partial charge < -0.3 is 5.32 Å². The molecule has 17 heavy (non-hydrogen) atoms. The molecule has 1 aliphatic rings. The predicted octanol–water partition coefficient (Wildman–Crippen LogP) is 4.27. The molecule has 1 nitrogen and oxygen atoms in total. The van der Waals surface area contributed by atoms with E-state index < -0.39 is 0 Å². The van der Waals surface area contributed by atoms with Crippen LogP contribution in [-0.4, -0.2) is 17.0 Å². The summed E-state index contributed by atoms with van der Waals surface area (Å²) in [6, 6.07) is 9.30. The van der Waals surface area contributed by atoms with Gasteiger partial charge in [-0.1, -0.05) is 37.6 Å². The summed E-state index contributed by atoms with van der Waals surface area (Å²) in [5.74, 6) is 1.23. The van der Waals surface area contributed by atoms with Crippen LogP contribution < -0.4 is 5.32 Å². The smallest absolute Gasteiger partial charge is 0.0409 e. The summed E-state index contributed by atoms with van der Waals surface area (Å²) >= 11 is 8.12. The van der Waals surface area contributed by atoms with Crippen LogP contribution in [0, 0.1) is 0 Å². The molecule has 0 saturated carbocycles. The van der Waals surface area contributed by atoms with Crippen LogP contribution in [0.3, 0.4) is 0 Å². The van der Waals surface area contributed by atoms with Crippen molar-refractivity contribution in [1.82, 2.24) is 5.32 Å². The van der Waals surface area contributed by atoms with Gasteiger partial charge in [0.05, 0.1) is 0 Å². The molecule has 0 bridgehead atoms. The first-order valence-electron chi connectivity index (χ1n) is 6.32. The molecule has 1 aromatic carbocycles. The summed E-state index contributed by atoms with van der Waals surface area (Å²) < 4.78 is 0. The van der Waals surface area contributed by atoms with Crippen molar-refractivity contribution in [3.05, 3.63) is 34.9 Å². The molecule has 1 fully saturated rings. The highest BCUT2D eigenvalue weighted by molar-refractivity contribution is 8.00. The zero-order chi connectivity index (χ0) is 12.3. The van der Waals surface area contributed by atoms with Crippen molar-refractivity contribution < 1.29 is 0 Å². The predicted molar refractivity (Wildman–Crippen MR) is 77.9 cm³/mol. The Morgan fingerprint density at radius 3 is 2.94 bits per heavy atom. The number of hydrogen-bond acceptors (Lipinski definition) is 2. The third kappa shape index (κ3) is 3.64. The van der Waals surface area contributed by atoms with E-state index in [1.165, 1.54) is 17.7 Å². The maximum atomic E-state index is 6.05. The summed E-state index contributed by atoms with van der Waals surface area (Å²) in [6.07, 6.45) is 2.39. The van der Waals surface area contributed by atoms with Crippen LogP contribution in [0.5, 0.6) is 0 Å². The largest absolute Gasteiger partial charge is 0.306 e. The molecule has 0 radical (unpaired) electrons. The lowest BCUT2D eigenvalue weighted by Crippen LogP contribution is -2.32. The molecule has 1 N–H and O–H groups in total. The Bertz CT molecular complexity index is 369. The number of benzene rings is 1. The Balaban J connectivity index is 2.01. The topological polar surface area (TPSA) is 12.0 Å². The van der Waals surface area contributed by atoms with Crippen LogP contribution in [0.1, 0.15) is 38.3 Å². The van der Waals surface area contributed by atoms with Crippen LogP contribution in [0.25, 0.3) is 0 Å². The molecule has 1 aliphatic heterocycles. The normalized spacial score (nSPS) is 26.1. The highest BCUT2D eigenvalue weighted by Crippen LogP contribution is 2.29. The quantitative estimate of drug-likeness (QED) is 0.876. The average Bonchev–Trinajstić information content (AvgIpc) is 2.72. The van der Waals surface area contributed by atoms with Crippen molar-refractivity contribution in [3.8, 4) is 0 Å². The van der Waals surface area contributed by atoms with E-state index >= 15 is 0 Å². The molecule has 1 saturated heterocycles. The van der Waals surface area contributed by atoms with Crippen LogP contribution >= 0.6 is 23.4 Å². The highest BCUT2D eigenvalue weighted by Gasteiger charge is 2.24. The van der Waals surface area contributed by atoms with Gasteiger partial charge in [0.1, 0.15) is 0 Å². The van der Waals surface area contributed by atoms with Crippen LogP contribution in [0.4, 0.5) is 0 Å². The lowest BCUT2D eigenvalue weighted by molar-refractivity contribution is 0.442. The molecule has 0 spiro atoms. The second kappa shape index (κ2) is 6.12. The van der Waals surface area contributed by atoms with Crippen LogP contribution in [0.2, 0.25) is 5.02 Å². The summed E-state index contributed by atoms with van der Waals surface area (Å²) in [4.78, 5) is 0. The molecular formula is C14H20ClNS. The third-order valence-electron chi connectivity index (χ3n) is 3.29. The van der Waals surface area contributed by atoms with Gasteiger partial charge in [-0.05, 0) is 30.5 Å². The number of hydrogen-bond donors (Lipinski definition) is 1. The van der Waals surface area contributed by atoms with E-state index in [1.807, 2.05) is 12.1 Å². The average molecular weight is 270 g/mol. The fourth-order valence-electron chi connectivity index (χ4n) is 2.39. The first kappa shape index (κ1) is 13.3. The van der Waals surface area contributed by atoms with Crippen molar-refractivity contribution in [2.45, 2.75) is 44.0 Å². The van der Waals surface area contributed by atoms with Gasteiger partial charge >= 0.3 is 0 Å². The van der Waals surface area contributed by atoms with Crippen molar-refractivity contribution >= 4 is 23.4 Å². The van der Waals surface area contributed by atoms with Crippen molar-refractivity contribution in [2.24, 2.45) is 0 Å². The monoisotopic (exact) mass is 269 g/mol. The van der Waals surface area contributed by atoms with Gasteiger partial charge in [-0.25, -0.2) is 0 Å². The maximum Gasteiger partial charge on any atom is 0.0409 e. The first-order chi connectivity index (χ1) is 8.19. The van der Waals surface area contributed by atoms with E-state index in [4.69, 9.17) is 11.6 Å². The molecule has 1 aromatic rings. The molecule has 3 atom stereocenters. The molecule has 1 heterocycles. The molecule has 3 unspecified atom stereocenters. The van der Waals surface area contributed by atoms with E-state index in [9.17, 15) is 0 Å². The minimum Gasteiger partial charge on any atom is -0.306 e. The minimum absolute atomic E-state index is 0.435. The maximum absolute atomic E-state index is 6.05. The second-order valence-electron chi connectivity index (χ2n) is 4.76. The zero-order valence-electron chi connectivity index (χ0n) is 10.4. The summed E-state index contributed by atoms with van der Waals surface area (Å²) in [7, 11) is 0. The van der Waals surface area contributed by atoms with E-state index in [-0.39, 0.29) is 0 Å². The first-order valence-corrected chi connectivity index (χ1v) is 7.74. The fraction of sp³-hybridized carbons (Fsp3) is 0.571. The van der Waals surface area contributed by atoms with Gasteiger partial charge in [0.25, 0.3) is 0 Å². The molecule has 0 aromatic heterocycles. The molecule has 94 valence electrons. The fourth-order valence-corrected chi connectivity index (χ4v) is 3.75. The Morgan fingerprint density at radius 2 is 2.35 bits per heavy atom. The van der Waals surface area contributed by atoms with Crippen LogP contribution in [-0.2, 0) is 0 Å². The Morgan fingerprint density at radius 1 is 1.53 bits per heavy atom. The van der Waals surface area contributed by atoms with Gasteiger partial charge in [0, 0.05) is 28.1 Å². The van der Waals surface area contributed by atoms with Gasteiger partial charge in [0.2, 0.25) is 0 Å². The lowest BCUT2D eigenvalue weighted by Gasteiger charge is -2.22. The molecule has 3 heteroatoms. The molecule has 2 rings (SSSR count). The Hall–Kier alpha value is -0.180. The minimum atomic E-state index is 0.435. The number of nitrogens with one attached hydrogen (secondary N) is 1. The van der Waals surface area contributed by atoms with Gasteiger partial charge in [0.15, 0.2) is 0 Å². The lowest BCUT2D eigenvalue weighted by atomic mass is 10.0. The highest BCUT2D eigenvalue weighted by atomic mass is 35.5. The summed E-state index contributed by atoms with van der Waals surface area (Å²) in [6.45, 7) is 4.54.